The number of hydrogen-bond donors (Lipinski definition) is 0. The smallest absolute Gasteiger partial charge is 0.251 e. The maximum atomic E-state index is 12.9. The zero-order chi connectivity index (χ0) is 15.8. The van der Waals surface area contributed by atoms with Crippen molar-refractivity contribution >= 4 is 11.8 Å². The Labute approximate surface area is 134 Å². The predicted octanol–water partition coefficient (Wildman–Crippen LogP) is 2.15. The number of hydrogen-bond acceptors (Lipinski definition) is 4. The van der Waals surface area contributed by atoms with Gasteiger partial charge < -0.3 is 4.74 Å². The normalized spacial score (nSPS) is 27.2. The summed E-state index contributed by atoms with van der Waals surface area (Å²) in [6.07, 6.45) is 7.80. The van der Waals surface area contributed by atoms with Crippen molar-refractivity contribution in [2.45, 2.75) is 32.0 Å². The van der Waals surface area contributed by atoms with Gasteiger partial charge in [0.1, 0.15) is 6.10 Å². The molecule has 2 atom stereocenters. The molecule has 0 spiro atoms. The van der Waals surface area contributed by atoms with Gasteiger partial charge in [0.25, 0.3) is 5.91 Å². The number of allylic oxidation sites excluding steroid dienone is 2. The maximum absolute atomic E-state index is 12.9. The third-order valence-corrected chi connectivity index (χ3v) is 4.66. The number of nitrogens with zero attached hydrogens (tertiary/aromatic N) is 2. The summed E-state index contributed by atoms with van der Waals surface area (Å²) in [7, 11) is 0. The lowest BCUT2D eigenvalue weighted by atomic mass is 9.91. The quantitative estimate of drug-likeness (QED) is 0.786. The molecule has 0 N–H and O–H groups in total. The first kappa shape index (κ1) is 14.2. The molecular weight excluding hydrogens is 292 g/mol. The Hall–Kier alpha value is -2.40. The largest absolute Gasteiger partial charge is 0.493 e. The van der Waals surface area contributed by atoms with Gasteiger partial charge in [-0.1, -0.05) is 30.3 Å². The maximum Gasteiger partial charge on any atom is 0.251 e. The van der Waals surface area contributed by atoms with Crippen LogP contribution in [-0.2, 0) is 27.4 Å². The van der Waals surface area contributed by atoms with Gasteiger partial charge in [0.2, 0.25) is 5.91 Å². The molecule has 5 heteroatoms. The molecule has 118 valence electrons. The Balaban J connectivity index is 1.55. The minimum absolute atomic E-state index is 0.116. The molecule has 23 heavy (non-hydrogen) atoms. The van der Waals surface area contributed by atoms with E-state index < -0.39 is 0 Å². The van der Waals surface area contributed by atoms with Crippen molar-refractivity contribution in [1.29, 1.82) is 0 Å². The number of rotatable bonds is 2. The van der Waals surface area contributed by atoms with Gasteiger partial charge in [-0.25, -0.2) is 10.0 Å². The van der Waals surface area contributed by atoms with E-state index in [1.54, 1.807) is 12.3 Å². The summed E-state index contributed by atoms with van der Waals surface area (Å²) in [5, 5.41) is 3.20. The zero-order valence-electron chi connectivity index (χ0n) is 12.7. The highest BCUT2D eigenvalue weighted by atomic mass is 16.5. The Morgan fingerprint density at radius 3 is 2.43 bits per heavy atom. The number of amides is 2. The molecule has 3 heterocycles. The molecule has 1 aromatic carbocycles. The Bertz CT molecular complexity index is 685. The molecule has 2 amide bonds. The van der Waals surface area contributed by atoms with E-state index in [9.17, 15) is 9.59 Å². The third kappa shape index (κ3) is 2.47. The van der Waals surface area contributed by atoms with Crippen molar-refractivity contribution in [3.63, 3.8) is 0 Å². The van der Waals surface area contributed by atoms with Crippen LogP contribution in [0.25, 0.3) is 0 Å². The van der Waals surface area contributed by atoms with Gasteiger partial charge in [0.15, 0.2) is 0 Å². The van der Waals surface area contributed by atoms with Crippen molar-refractivity contribution in [2.75, 3.05) is 0 Å². The van der Waals surface area contributed by atoms with Crippen molar-refractivity contribution in [2.24, 2.45) is 5.92 Å². The molecule has 1 saturated heterocycles. The molecule has 5 nitrogen and oxygen atoms in total. The van der Waals surface area contributed by atoms with Crippen LogP contribution in [0.4, 0.5) is 0 Å². The van der Waals surface area contributed by atoms with Crippen molar-refractivity contribution in [3.8, 4) is 0 Å². The average molecular weight is 310 g/mol. The molecule has 2 unspecified atom stereocenters. The summed E-state index contributed by atoms with van der Waals surface area (Å²) in [4.78, 5) is 25.3. The zero-order valence-corrected chi connectivity index (χ0v) is 12.7. The number of piperidine rings is 1. The first-order valence-corrected chi connectivity index (χ1v) is 7.91. The third-order valence-electron chi connectivity index (χ3n) is 4.66. The lowest BCUT2D eigenvalue weighted by Crippen LogP contribution is -2.55. The summed E-state index contributed by atoms with van der Waals surface area (Å²) in [6, 6.07) is 8.06. The minimum atomic E-state index is -0.308. The van der Waals surface area contributed by atoms with Crippen LogP contribution in [0.3, 0.4) is 0 Å². The van der Waals surface area contributed by atoms with E-state index in [0.29, 0.717) is 25.9 Å². The van der Waals surface area contributed by atoms with Crippen molar-refractivity contribution in [1.82, 2.24) is 10.0 Å². The second-order valence-corrected chi connectivity index (χ2v) is 6.09. The highest BCUT2D eigenvalue weighted by Gasteiger charge is 2.43. The molecule has 0 aromatic heterocycles. The second kappa shape index (κ2) is 5.66. The van der Waals surface area contributed by atoms with E-state index in [1.807, 2.05) is 41.4 Å². The molecular formula is C18H18N2O3. The summed E-state index contributed by atoms with van der Waals surface area (Å²) >= 11 is 0. The average Bonchev–Trinajstić information content (AvgIpc) is 2.99. The Morgan fingerprint density at radius 2 is 1.78 bits per heavy atom. The molecule has 0 aliphatic carbocycles. The van der Waals surface area contributed by atoms with E-state index in [4.69, 9.17) is 4.74 Å². The van der Waals surface area contributed by atoms with Crippen LogP contribution in [-0.4, -0.2) is 27.9 Å². The lowest BCUT2D eigenvalue weighted by Gasteiger charge is -2.38. The summed E-state index contributed by atoms with van der Waals surface area (Å²) in [5.74, 6) is -0.578. The van der Waals surface area contributed by atoms with Crippen LogP contribution in [0.5, 0.6) is 0 Å². The monoisotopic (exact) mass is 310 g/mol. The molecule has 1 aromatic rings. The van der Waals surface area contributed by atoms with Crippen LogP contribution in [0.2, 0.25) is 0 Å². The fourth-order valence-corrected chi connectivity index (χ4v) is 3.48. The highest BCUT2D eigenvalue weighted by molar-refractivity contribution is 5.98. The minimum Gasteiger partial charge on any atom is -0.493 e. The Morgan fingerprint density at radius 1 is 1.04 bits per heavy atom. The molecule has 0 radical (unpaired) electrons. The van der Waals surface area contributed by atoms with Crippen LogP contribution in [0, 0.1) is 5.92 Å². The first-order chi connectivity index (χ1) is 11.2. The van der Waals surface area contributed by atoms with Crippen molar-refractivity contribution in [3.05, 3.63) is 59.9 Å². The molecule has 0 bridgehead atoms. The Kier molecular flexibility index (Phi) is 3.50. The molecule has 3 aliphatic rings. The summed E-state index contributed by atoms with van der Waals surface area (Å²) in [5.41, 5.74) is 2.35. The van der Waals surface area contributed by atoms with Crippen molar-refractivity contribution < 1.29 is 14.3 Å². The van der Waals surface area contributed by atoms with Crippen LogP contribution >= 0.6 is 0 Å². The number of carbonyl (C=O) groups is 2. The molecule has 3 aliphatic heterocycles. The fourth-order valence-electron chi connectivity index (χ4n) is 3.48. The molecule has 0 saturated carbocycles. The molecule has 1 fully saturated rings. The second-order valence-electron chi connectivity index (χ2n) is 6.09. The SMILES string of the molecule is O=C1CCC(C2C=CC=CO2)C(=O)N1N1Cc2ccccc2C1. The standard InChI is InChI=1S/C18H18N2O3/c21-17-9-8-15(16-7-3-4-10-23-16)18(22)20(17)19-11-13-5-1-2-6-14(13)12-19/h1-7,10,15-16H,8-9,11-12H2. The number of ether oxygens (including phenoxy) is 1. The summed E-state index contributed by atoms with van der Waals surface area (Å²) in [6.45, 7) is 1.20. The number of fused-ring (bicyclic) bond motifs is 1. The van der Waals surface area contributed by atoms with Crippen LogP contribution in [0.15, 0.2) is 48.8 Å². The number of benzene rings is 1. The topological polar surface area (TPSA) is 49.9 Å². The van der Waals surface area contributed by atoms with Crippen LogP contribution in [0.1, 0.15) is 24.0 Å². The van der Waals surface area contributed by atoms with E-state index >= 15 is 0 Å². The van der Waals surface area contributed by atoms with E-state index in [0.717, 1.165) is 0 Å². The number of imide groups is 1. The van der Waals surface area contributed by atoms with E-state index in [2.05, 4.69) is 0 Å². The van der Waals surface area contributed by atoms with Gasteiger partial charge >= 0.3 is 0 Å². The van der Waals surface area contributed by atoms with E-state index in [-0.39, 0.29) is 23.8 Å². The van der Waals surface area contributed by atoms with Gasteiger partial charge in [0.05, 0.1) is 12.2 Å². The number of hydrazine groups is 1. The predicted molar refractivity (Wildman–Crippen MR) is 83.4 cm³/mol. The molecule has 4 rings (SSSR count). The summed E-state index contributed by atoms with van der Waals surface area (Å²) < 4.78 is 5.55. The van der Waals surface area contributed by atoms with Gasteiger partial charge in [-0.2, -0.15) is 0 Å². The van der Waals surface area contributed by atoms with Crippen LogP contribution < -0.4 is 0 Å². The van der Waals surface area contributed by atoms with Gasteiger partial charge in [-0.3, -0.25) is 9.59 Å². The fraction of sp³-hybridized carbons (Fsp3) is 0.333. The van der Waals surface area contributed by atoms with Gasteiger partial charge in [0, 0.05) is 19.5 Å². The van der Waals surface area contributed by atoms with Gasteiger partial charge in [-0.15, -0.1) is 0 Å². The number of carbonyl (C=O) groups excluding carboxylic acids is 2. The lowest BCUT2D eigenvalue weighted by molar-refractivity contribution is -0.175. The first-order valence-electron chi connectivity index (χ1n) is 7.91. The van der Waals surface area contributed by atoms with Gasteiger partial charge in [-0.05, 0) is 29.7 Å². The highest BCUT2D eigenvalue weighted by Crippen LogP contribution is 2.31. The van der Waals surface area contributed by atoms with E-state index in [1.165, 1.54) is 16.1 Å².